The fraction of sp³-hybridized carbons (Fsp3) is 0.875. The SMILES string of the molecule is CC1=C2C[C@H]3[C@@H](CCC4=C[C@@H](O)CC[C@@]43C)[C@@H]2CC[C@@]2(C1)O[C@@H]1C[C@H](C)CN(CCOCCO)[C@H]1[C@H]2C. The smallest absolute Gasteiger partial charge is 0.0765 e. The fourth-order valence-electron chi connectivity index (χ4n) is 10.3. The summed E-state index contributed by atoms with van der Waals surface area (Å²) in [6.07, 6.45) is 12.9. The van der Waals surface area contributed by atoms with Crippen LogP contribution in [0.3, 0.4) is 0 Å². The van der Waals surface area contributed by atoms with Gasteiger partial charge in [-0.3, -0.25) is 4.90 Å². The molecule has 0 amide bonds. The van der Waals surface area contributed by atoms with Crippen LogP contribution in [0.1, 0.15) is 85.5 Å². The Labute approximate surface area is 224 Å². The molecule has 6 rings (SSSR count). The highest BCUT2D eigenvalue weighted by Gasteiger charge is 2.59. The molecule has 5 nitrogen and oxygen atoms in total. The number of ether oxygens (including phenoxy) is 2. The summed E-state index contributed by atoms with van der Waals surface area (Å²) >= 11 is 0. The highest BCUT2D eigenvalue weighted by Crippen LogP contribution is 2.64. The first-order valence-corrected chi connectivity index (χ1v) is 15.4. The van der Waals surface area contributed by atoms with Crippen molar-refractivity contribution in [3.05, 3.63) is 22.8 Å². The lowest BCUT2D eigenvalue weighted by molar-refractivity contribution is -0.0806. The van der Waals surface area contributed by atoms with Gasteiger partial charge in [0.05, 0.1) is 37.6 Å². The summed E-state index contributed by atoms with van der Waals surface area (Å²) in [5, 5.41) is 19.4. The van der Waals surface area contributed by atoms with E-state index >= 15 is 0 Å². The van der Waals surface area contributed by atoms with E-state index in [-0.39, 0.29) is 18.3 Å². The van der Waals surface area contributed by atoms with Crippen LogP contribution in [-0.4, -0.2) is 71.9 Å². The average molecular weight is 514 g/mol. The van der Waals surface area contributed by atoms with Crippen LogP contribution in [0.15, 0.2) is 22.8 Å². The van der Waals surface area contributed by atoms with Crippen LogP contribution in [0.4, 0.5) is 0 Å². The second kappa shape index (κ2) is 10.0. The van der Waals surface area contributed by atoms with Crippen LogP contribution >= 0.6 is 0 Å². The number of rotatable bonds is 5. The Kier molecular flexibility index (Phi) is 7.19. The lowest BCUT2D eigenvalue weighted by atomic mass is 9.56. The average Bonchev–Trinajstić information content (AvgIpc) is 3.32. The van der Waals surface area contributed by atoms with Gasteiger partial charge in [-0.05, 0) is 93.8 Å². The lowest BCUT2D eigenvalue weighted by Crippen LogP contribution is -2.52. The molecule has 208 valence electrons. The minimum absolute atomic E-state index is 0.0287. The van der Waals surface area contributed by atoms with Crippen LogP contribution in [-0.2, 0) is 9.47 Å². The number of nitrogens with zero attached hydrogens (tertiary/aromatic N) is 1. The van der Waals surface area contributed by atoms with E-state index in [2.05, 4.69) is 38.7 Å². The Morgan fingerprint density at radius 1 is 1.16 bits per heavy atom. The van der Waals surface area contributed by atoms with Gasteiger partial charge in [-0.1, -0.05) is 43.6 Å². The van der Waals surface area contributed by atoms with Crippen LogP contribution in [0.5, 0.6) is 0 Å². The van der Waals surface area contributed by atoms with Crippen LogP contribution in [0, 0.1) is 35.0 Å². The number of hydrogen-bond donors (Lipinski definition) is 2. The second-order valence-electron chi connectivity index (χ2n) is 14.0. The third-order valence-electron chi connectivity index (χ3n) is 12.0. The molecule has 37 heavy (non-hydrogen) atoms. The first kappa shape index (κ1) is 26.5. The van der Waals surface area contributed by atoms with Gasteiger partial charge in [0.15, 0.2) is 0 Å². The number of aliphatic hydroxyl groups excluding tert-OH is 2. The first-order valence-electron chi connectivity index (χ1n) is 15.4. The molecule has 2 N–H and O–H groups in total. The molecule has 2 saturated carbocycles. The molecule has 0 radical (unpaired) electrons. The quantitative estimate of drug-likeness (QED) is 0.395. The van der Waals surface area contributed by atoms with Crippen molar-refractivity contribution in [2.45, 2.75) is 109 Å². The molecule has 4 aliphatic carbocycles. The number of allylic oxidation sites excluding steroid dienone is 2. The number of fused-ring (bicyclic) bond motifs is 6. The molecule has 0 aromatic rings. The van der Waals surface area contributed by atoms with E-state index < -0.39 is 0 Å². The van der Waals surface area contributed by atoms with Crippen LogP contribution in [0.25, 0.3) is 0 Å². The second-order valence-corrected chi connectivity index (χ2v) is 14.0. The topological polar surface area (TPSA) is 62.2 Å². The summed E-state index contributed by atoms with van der Waals surface area (Å²) in [6, 6.07) is 0.479. The molecule has 0 bridgehead atoms. The molecule has 2 aliphatic heterocycles. The van der Waals surface area contributed by atoms with Crippen molar-refractivity contribution >= 4 is 0 Å². The zero-order chi connectivity index (χ0) is 25.9. The molecular formula is C32H51NO4. The van der Waals surface area contributed by atoms with Crippen molar-refractivity contribution in [2.24, 2.45) is 35.0 Å². The van der Waals surface area contributed by atoms with E-state index in [0.29, 0.717) is 42.6 Å². The number of piperidine rings is 1. The predicted octanol–water partition coefficient (Wildman–Crippen LogP) is 5.11. The monoisotopic (exact) mass is 513 g/mol. The maximum absolute atomic E-state index is 10.3. The summed E-state index contributed by atoms with van der Waals surface area (Å²) in [5.74, 6) is 3.45. The molecule has 0 aromatic heterocycles. The summed E-state index contributed by atoms with van der Waals surface area (Å²) in [7, 11) is 0. The van der Waals surface area contributed by atoms with E-state index in [9.17, 15) is 5.11 Å². The van der Waals surface area contributed by atoms with E-state index in [1.165, 1.54) is 38.5 Å². The minimum atomic E-state index is -0.222. The maximum Gasteiger partial charge on any atom is 0.0765 e. The Morgan fingerprint density at radius 3 is 2.81 bits per heavy atom. The third kappa shape index (κ3) is 4.40. The molecule has 5 heteroatoms. The van der Waals surface area contributed by atoms with Crippen LogP contribution < -0.4 is 0 Å². The summed E-state index contributed by atoms with van der Waals surface area (Å²) in [4.78, 5) is 2.66. The molecule has 2 heterocycles. The minimum Gasteiger partial charge on any atom is -0.394 e. The standard InChI is InChI=1S/C32H51NO4/c1-20-15-29-30(33(19-20)11-13-36-14-12-34)22(3)32(37-29)10-8-25-26-6-5-23-16-24(35)7-9-31(23,4)28(26)17-27(25)21(2)18-32/h16,20,22,24-26,28-30,34-35H,5-15,17-19H2,1-4H3/t20-,22+,24-,25-,26-,28-,29+,30-,31-,32-/m0/s1. The number of likely N-dealkylation sites (tertiary alicyclic amines) is 1. The molecule has 4 fully saturated rings. The third-order valence-corrected chi connectivity index (χ3v) is 12.0. The van der Waals surface area contributed by atoms with E-state index in [0.717, 1.165) is 50.1 Å². The van der Waals surface area contributed by atoms with Gasteiger partial charge in [0.1, 0.15) is 0 Å². The first-order chi connectivity index (χ1) is 17.8. The van der Waals surface area contributed by atoms with E-state index in [4.69, 9.17) is 14.6 Å². The Hall–Kier alpha value is -0.720. The molecule has 0 aromatic carbocycles. The number of hydrogen-bond acceptors (Lipinski definition) is 5. The zero-order valence-electron chi connectivity index (χ0n) is 23.8. The van der Waals surface area contributed by atoms with Crippen molar-refractivity contribution in [2.75, 3.05) is 32.9 Å². The fourth-order valence-corrected chi connectivity index (χ4v) is 10.3. The largest absolute Gasteiger partial charge is 0.394 e. The maximum atomic E-state index is 10.3. The van der Waals surface area contributed by atoms with Gasteiger partial charge in [0.25, 0.3) is 0 Å². The molecule has 0 unspecified atom stereocenters. The molecule has 6 aliphatic rings. The molecule has 10 atom stereocenters. The normalized spacial score (nSPS) is 47.8. The summed E-state index contributed by atoms with van der Waals surface area (Å²) in [5.41, 5.74) is 5.25. The van der Waals surface area contributed by atoms with Crippen molar-refractivity contribution in [3.8, 4) is 0 Å². The zero-order valence-corrected chi connectivity index (χ0v) is 23.8. The molecular weight excluding hydrogens is 462 g/mol. The highest BCUT2D eigenvalue weighted by molar-refractivity contribution is 5.33. The highest BCUT2D eigenvalue weighted by atomic mass is 16.5. The van der Waals surface area contributed by atoms with Gasteiger partial charge in [0, 0.05) is 25.0 Å². The Morgan fingerprint density at radius 2 is 2.00 bits per heavy atom. The van der Waals surface area contributed by atoms with Crippen molar-refractivity contribution in [1.29, 1.82) is 0 Å². The van der Waals surface area contributed by atoms with E-state index in [1.54, 1.807) is 16.7 Å². The molecule has 2 saturated heterocycles. The summed E-state index contributed by atoms with van der Waals surface area (Å²) in [6.45, 7) is 13.1. The predicted molar refractivity (Wildman–Crippen MR) is 146 cm³/mol. The van der Waals surface area contributed by atoms with Gasteiger partial charge in [-0.25, -0.2) is 0 Å². The molecule has 1 spiro atoms. The Bertz CT molecular complexity index is 930. The van der Waals surface area contributed by atoms with Crippen molar-refractivity contribution in [3.63, 3.8) is 0 Å². The van der Waals surface area contributed by atoms with Crippen molar-refractivity contribution < 1.29 is 19.7 Å². The van der Waals surface area contributed by atoms with Crippen LogP contribution in [0.2, 0.25) is 0 Å². The number of aliphatic hydroxyl groups is 2. The van der Waals surface area contributed by atoms with Gasteiger partial charge in [-0.2, -0.15) is 0 Å². The van der Waals surface area contributed by atoms with Crippen molar-refractivity contribution in [1.82, 2.24) is 4.90 Å². The van der Waals surface area contributed by atoms with Gasteiger partial charge < -0.3 is 19.7 Å². The van der Waals surface area contributed by atoms with Gasteiger partial charge in [-0.15, -0.1) is 0 Å². The van der Waals surface area contributed by atoms with E-state index in [1.807, 2.05) is 0 Å². The Balaban J connectivity index is 1.23. The summed E-state index contributed by atoms with van der Waals surface area (Å²) < 4.78 is 12.9. The lowest BCUT2D eigenvalue weighted by Gasteiger charge is -2.49. The van der Waals surface area contributed by atoms with Gasteiger partial charge >= 0.3 is 0 Å². The van der Waals surface area contributed by atoms with Gasteiger partial charge in [0.2, 0.25) is 0 Å².